The van der Waals surface area contributed by atoms with Crippen LogP contribution in [0.4, 0.5) is 10.5 Å². The molecule has 0 spiro atoms. The number of para-hydroxylation sites is 1. The molecule has 9 heteroatoms. The number of hydrogen-bond donors (Lipinski definition) is 3. The smallest absolute Gasteiger partial charge is 0.319 e. The topological polar surface area (TPSA) is 120 Å². The molecule has 0 aliphatic carbocycles. The third kappa shape index (κ3) is 4.12. The molecule has 0 bridgehead atoms. The first kappa shape index (κ1) is 20.6. The maximum absolute atomic E-state index is 12.9. The number of urea groups is 1. The summed E-state index contributed by atoms with van der Waals surface area (Å²) in [4.78, 5) is 54.7. The molecule has 0 saturated carbocycles. The second kappa shape index (κ2) is 8.34. The average molecular weight is 443 g/mol. The average Bonchev–Trinajstić information content (AvgIpc) is 3.13. The fourth-order valence-corrected chi connectivity index (χ4v) is 4.21. The standard InChI is InChI=1S/C24H21N5O4/c30-21-8-7-20(22(31)28-21)29-13-16-6-5-14(9-18(16)23(29)32)11-26-24(33)27-17-10-15-3-1-2-4-19(15)25-12-17/h1-6,9-10,12,20H,7-8,11,13H2,(H2,26,27,33)(H,28,30,31). The third-order valence-electron chi connectivity index (χ3n) is 5.89. The first-order valence-corrected chi connectivity index (χ1v) is 10.6. The van der Waals surface area contributed by atoms with Crippen LogP contribution in [0.1, 0.15) is 34.3 Å². The molecule has 166 valence electrons. The van der Waals surface area contributed by atoms with Crippen LogP contribution in [0.15, 0.2) is 54.7 Å². The number of amides is 5. The molecule has 33 heavy (non-hydrogen) atoms. The van der Waals surface area contributed by atoms with E-state index < -0.39 is 11.9 Å². The van der Waals surface area contributed by atoms with Crippen molar-refractivity contribution >= 4 is 40.3 Å². The van der Waals surface area contributed by atoms with Crippen LogP contribution in [0.5, 0.6) is 0 Å². The van der Waals surface area contributed by atoms with E-state index in [0.29, 0.717) is 24.2 Å². The van der Waals surface area contributed by atoms with E-state index in [9.17, 15) is 19.2 Å². The molecule has 9 nitrogen and oxygen atoms in total. The van der Waals surface area contributed by atoms with E-state index in [-0.39, 0.29) is 30.8 Å². The lowest BCUT2D eigenvalue weighted by Crippen LogP contribution is -2.52. The number of rotatable bonds is 4. The Hall–Kier alpha value is -4.27. The molecule has 3 N–H and O–H groups in total. The molecule has 2 aromatic carbocycles. The van der Waals surface area contributed by atoms with Crippen LogP contribution < -0.4 is 16.0 Å². The summed E-state index contributed by atoms with van der Waals surface area (Å²) in [5.74, 6) is -0.992. The molecule has 3 aromatic rings. The van der Waals surface area contributed by atoms with Crippen LogP contribution in [0.2, 0.25) is 0 Å². The van der Waals surface area contributed by atoms with Gasteiger partial charge >= 0.3 is 6.03 Å². The highest BCUT2D eigenvalue weighted by Gasteiger charge is 2.39. The van der Waals surface area contributed by atoms with Gasteiger partial charge in [0, 0.05) is 30.5 Å². The lowest BCUT2D eigenvalue weighted by molar-refractivity contribution is -0.136. The zero-order chi connectivity index (χ0) is 22.9. The Kier molecular flexibility index (Phi) is 5.21. The zero-order valence-corrected chi connectivity index (χ0v) is 17.6. The second-order valence-electron chi connectivity index (χ2n) is 8.12. The molecule has 5 amide bonds. The van der Waals surface area contributed by atoms with Crippen LogP contribution in [0.3, 0.4) is 0 Å². The SMILES string of the molecule is O=C1CCC(N2Cc3ccc(CNC(=O)Nc4cnc5ccccc5c4)cc3C2=O)C(=O)N1. The Labute approximate surface area is 189 Å². The molecule has 3 heterocycles. The predicted molar refractivity (Wildman–Crippen MR) is 120 cm³/mol. The van der Waals surface area contributed by atoms with Crippen molar-refractivity contribution in [3.05, 3.63) is 71.4 Å². The normalized spacial score (nSPS) is 17.6. The van der Waals surface area contributed by atoms with E-state index in [1.165, 1.54) is 4.90 Å². The van der Waals surface area contributed by atoms with E-state index in [1.807, 2.05) is 42.5 Å². The predicted octanol–water partition coefficient (Wildman–Crippen LogP) is 2.32. The van der Waals surface area contributed by atoms with E-state index in [4.69, 9.17) is 0 Å². The lowest BCUT2D eigenvalue weighted by Gasteiger charge is -2.29. The van der Waals surface area contributed by atoms with Gasteiger partial charge in [-0.15, -0.1) is 0 Å². The number of anilines is 1. The molecule has 1 atom stereocenters. The summed E-state index contributed by atoms with van der Waals surface area (Å²) in [6, 6.07) is 13.9. The maximum Gasteiger partial charge on any atom is 0.319 e. The van der Waals surface area contributed by atoms with Crippen molar-refractivity contribution in [2.45, 2.75) is 32.0 Å². The van der Waals surface area contributed by atoms with Gasteiger partial charge in [0.05, 0.1) is 17.4 Å². The summed E-state index contributed by atoms with van der Waals surface area (Å²) < 4.78 is 0. The van der Waals surface area contributed by atoms with Gasteiger partial charge in [0.25, 0.3) is 5.91 Å². The Morgan fingerprint density at radius 2 is 1.97 bits per heavy atom. The van der Waals surface area contributed by atoms with Gasteiger partial charge in [-0.1, -0.05) is 30.3 Å². The molecule has 5 rings (SSSR count). The van der Waals surface area contributed by atoms with Crippen molar-refractivity contribution in [2.75, 3.05) is 5.32 Å². The second-order valence-corrected chi connectivity index (χ2v) is 8.12. The van der Waals surface area contributed by atoms with Crippen molar-refractivity contribution in [1.29, 1.82) is 0 Å². The van der Waals surface area contributed by atoms with Crippen molar-refractivity contribution in [3.63, 3.8) is 0 Å². The minimum absolute atomic E-state index is 0.216. The quantitative estimate of drug-likeness (QED) is 0.535. The summed E-state index contributed by atoms with van der Waals surface area (Å²) in [7, 11) is 0. The molecule has 1 aromatic heterocycles. The molecule has 1 saturated heterocycles. The molecule has 1 fully saturated rings. The van der Waals surface area contributed by atoms with Crippen LogP contribution in [0.25, 0.3) is 10.9 Å². The van der Waals surface area contributed by atoms with Crippen molar-refractivity contribution in [2.24, 2.45) is 0 Å². The van der Waals surface area contributed by atoms with Crippen LogP contribution >= 0.6 is 0 Å². The number of carbonyl (C=O) groups is 4. The summed E-state index contributed by atoms with van der Waals surface area (Å²) in [5.41, 5.74) is 3.52. The zero-order valence-electron chi connectivity index (χ0n) is 17.6. The van der Waals surface area contributed by atoms with Crippen LogP contribution in [-0.2, 0) is 22.7 Å². The number of imide groups is 1. The highest BCUT2D eigenvalue weighted by molar-refractivity contribution is 6.05. The highest BCUT2D eigenvalue weighted by Crippen LogP contribution is 2.28. The monoisotopic (exact) mass is 443 g/mol. The number of fused-ring (bicyclic) bond motifs is 2. The molecule has 2 aliphatic rings. The Bertz CT molecular complexity index is 1310. The van der Waals surface area contributed by atoms with E-state index in [0.717, 1.165) is 22.0 Å². The third-order valence-corrected chi connectivity index (χ3v) is 5.89. The Balaban J connectivity index is 1.22. The van der Waals surface area contributed by atoms with Gasteiger partial charge in [-0.25, -0.2) is 4.79 Å². The molecule has 0 radical (unpaired) electrons. The fourth-order valence-electron chi connectivity index (χ4n) is 4.21. The van der Waals surface area contributed by atoms with Gasteiger partial charge in [0.15, 0.2) is 0 Å². The van der Waals surface area contributed by atoms with E-state index in [1.54, 1.807) is 12.3 Å². The van der Waals surface area contributed by atoms with Crippen molar-refractivity contribution < 1.29 is 19.2 Å². The van der Waals surface area contributed by atoms with Gasteiger partial charge in [-0.3, -0.25) is 24.7 Å². The largest absolute Gasteiger partial charge is 0.334 e. The van der Waals surface area contributed by atoms with Crippen molar-refractivity contribution in [1.82, 2.24) is 20.5 Å². The number of pyridine rings is 1. The van der Waals surface area contributed by atoms with E-state index in [2.05, 4.69) is 20.9 Å². The Morgan fingerprint density at radius 1 is 1.12 bits per heavy atom. The number of aromatic nitrogens is 1. The first-order valence-electron chi connectivity index (χ1n) is 10.6. The minimum atomic E-state index is -0.648. The molecule has 1 unspecified atom stereocenters. The first-order chi connectivity index (χ1) is 16.0. The fraction of sp³-hybridized carbons (Fsp3) is 0.208. The highest BCUT2D eigenvalue weighted by atomic mass is 16.2. The van der Waals surface area contributed by atoms with Gasteiger partial charge in [-0.05, 0) is 35.7 Å². The van der Waals surface area contributed by atoms with Gasteiger partial charge in [0.2, 0.25) is 11.8 Å². The molecule has 2 aliphatic heterocycles. The van der Waals surface area contributed by atoms with Crippen LogP contribution in [0, 0.1) is 0 Å². The molecular formula is C24H21N5O4. The van der Waals surface area contributed by atoms with Crippen LogP contribution in [-0.4, -0.2) is 39.7 Å². The summed E-state index contributed by atoms with van der Waals surface area (Å²) in [6.07, 6.45) is 2.13. The molecular weight excluding hydrogens is 422 g/mol. The summed E-state index contributed by atoms with van der Waals surface area (Å²) in [5, 5.41) is 8.77. The van der Waals surface area contributed by atoms with E-state index >= 15 is 0 Å². The Morgan fingerprint density at radius 3 is 2.82 bits per heavy atom. The lowest BCUT2D eigenvalue weighted by atomic mass is 10.0. The number of piperidine rings is 1. The van der Waals surface area contributed by atoms with Crippen molar-refractivity contribution in [3.8, 4) is 0 Å². The van der Waals surface area contributed by atoms with Gasteiger partial charge < -0.3 is 15.5 Å². The number of carbonyl (C=O) groups excluding carboxylic acids is 4. The maximum atomic E-state index is 12.9. The number of benzene rings is 2. The van der Waals surface area contributed by atoms with Gasteiger partial charge in [0.1, 0.15) is 6.04 Å². The number of nitrogens with zero attached hydrogens (tertiary/aromatic N) is 2. The summed E-state index contributed by atoms with van der Waals surface area (Å²) >= 11 is 0. The summed E-state index contributed by atoms with van der Waals surface area (Å²) in [6.45, 7) is 0.551. The number of hydrogen-bond acceptors (Lipinski definition) is 5. The minimum Gasteiger partial charge on any atom is -0.334 e. The van der Waals surface area contributed by atoms with Gasteiger partial charge in [-0.2, -0.15) is 0 Å². The number of nitrogens with one attached hydrogen (secondary N) is 3.